The number of halogens is 2. The Morgan fingerprint density at radius 2 is 2.14 bits per heavy atom. The highest BCUT2D eigenvalue weighted by Crippen LogP contribution is 2.36. The molecule has 0 saturated carbocycles. The first-order chi connectivity index (χ1) is 10.5. The minimum atomic E-state index is -0.492. The van der Waals surface area contributed by atoms with Crippen LogP contribution in [0.5, 0.6) is 0 Å². The Balaban J connectivity index is 2.59. The summed E-state index contributed by atoms with van der Waals surface area (Å²) in [4.78, 5) is 12.3. The Morgan fingerprint density at radius 1 is 1.41 bits per heavy atom. The molecule has 0 amide bonds. The van der Waals surface area contributed by atoms with Crippen LogP contribution in [0.15, 0.2) is 29.5 Å². The number of rotatable bonds is 4. The largest absolute Gasteiger partial charge is 0.466 e. The van der Waals surface area contributed by atoms with Gasteiger partial charge in [-0.2, -0.15) is 0 Å². The summed E-state index contributed by atoms with van der Waals surface area (Å²) in [6.07, 6.45) is 1.54. The van der Waals surface area contributed by atoms with Gasteiger partial charge in [-0.1, -0.05) is 48.7 Å². The standard InChI is InChI=1S/C15H16Cl2N2O2S/c1-3-5-10-11(14(20)21-2)13(19-15(22)18-10)8-6-4-7-9(16)12(8)17/h4,6-7,13H,3,5H2,1-2H3,(H2,18,19,22)/t13-/m0/s1. The van der Waals surface area contributed by atoms with Gasteiger partial charge in [0.2, 0.25) is 0 Å². The van der Waals surface area contributed by atoms with E-state index in [2.05, 4.69) is 10.6 Å². The molecule has 0 bridgehead atoms. The molecule has 0 radical (unpaired) electrons. The van der Waals surface area contributed by atoms with E-state index in [0.717, 1.165) is 12.1 Å². The maximum absolute atomic E-state index is 12.3. The third kappa shape index (κ3) is 3.37. The van der Waals surface area contributed by atoms with E-state index in [4.69, 9.17) is 40.2 Å². The lowest BCUT2D eigenvalue weighted by molar-refractivity contribution is -0.136. The smallest absolute Gasteiger partial charge is 0.337 e. The third-order valence-electron chi connectivity index (χ3n) is 3.35. The van der Waals surface area contributed by atoms with Crippen molar-refractivity contribution in [1.82, 2.24) is 10.6 Å². The molecule has 2 N–H and O–H groups in total. The van der Waals surface area contributed by atoms with Crippen molar-refractivity contribution < 1.29 is 9.53 Å². The molecule has 118 valence electrons. The highest BCUT2D eigenvalue weighted by Gasteiger charge is 2.33. The van der Waals surface area contributed by atoms with Gasteiger partial charge in [0.1, 0.15) is 0 Å². The highest BCUT2D eigenvalue weighted by atomic mass is 35.5. The Kier molecular flexibility index (Phi) is 5.67. The molecule has 1 aromatic carbocycles. The van der Waals surface area contributed by atoms with Gasteiger partial charge in [-0.3, -0.25) is 0 Å². The van der Waals surface area contributed by atoms with Crippen molar-refractivity contribution in [2.45, 2.75) is 25.8 Å². The van der Waals surface area contributed by atoms with Gasteiger partial charge in [0.15, 0.2) is 5.11 Å². The lowest BCUT2D eigenvalue weighted by Gasteiger charge is -2.31. The summed E-state index contributed by atoms with van der Waals surface area (Å²) in [5.74, 6) is -0.424. The predicted molar refractivity (Wildman–Crippen MR) is 92.0 cm³/mol. The molecule has 1 aliphatic rings. The van der Waals surface area contributed by atoms with Crippen molar-refractivity contribution in [2.75, 3.05) is 7.11 Å². The van der Waals surface area contributed by atoms with Crippen LogP contribution in [0.4, 0.5) is 0 Å². The number of benzene rings is 1. The number of esters is 1. The zero-order valence-electron chi connectivity index (χ0n) is 12.2. The predicted octanol–water partition coefficient (Wildman–Crippen LogP) is 3.74. The van der Waals surface area contributed by atoms with Crippen LogP contribution in [-0.4, -0.2) is 18.2 Å². The lowest BCUT2D eigenvalue weighted by Crippen LogP contribution is -2.45. The summed E-state index contributed by atoms with van der Waals surface area (Å²) in [6, 6.07) is 4.80. The molecule has 0 fully saturated rings. The zero-order valence-corrected chi connectivity index (χ0v) is 14.5. The third-order valence-corrected chi connectivity index (χ3v) is 4.40. The summed E-state index contributed by atoms with van der Waals surface area (Å²) >= 11 is 17.6. The van der Waals surface area contributed by atoms with Crippen LogP contribution in [0.2, 0.25) is 10.0 Å². The first kappa shape index (κ1) is 17.1. The normalized spacial score (nSPS) is 17.8. The van der Waals surface area contributed by atoms with E-state index in [9.17, 15) is 4.79 Å². The first-order valence-corrected chi connectivity index (χ1v) is 7.98. The first-order valence-electron chi connectivity index (χ1n) is 6.82. The molecule has 1 heterocycles. The van der Waals surface area contributed by atoms with E-state index >= 15 is 0 Å². The van der Waals surface area contributed by atoms with Crippen molar-refractivity contribution in [3.05, 3.63) is 45.1 Å². The van der Waals surface area contributed by atoms with E-state index in [-0.39, 0.29) is 0 Å². The van der Waals surface area contributed by atoms with E-state index in [1.54, 1.807) is 12.1 Å². The van der Waals surface area contributed by atoms with Crippen molar-refractivity contribution >= 4 is 46.5 Å². The van der Waals surface area contributed by atoms with Crippen LogP contribution in [0, 0.1) is 0 Å². The van der Waals surface area contributed by atoms with Gasteiger partial charge in [-0.15, -0.1) is 0 Å². The van der Waals surface area contributed by atoms with Crippen molar-refractivity contribution in [1.29, 1.82) is 0 Å². The van der Waals surface area contributed by atoms with Crippen LogP contribution >= 0.6 is 35.4 Å². The molecule has 0 unspecified atom stereocenters. The number of allylic oxidation sites excluding steroid dienone is 1. The number of thiocarbonyl (C=S) groups is 1. The Labute approximate surface area is 144 Å². The number of carbonyl (C=O) groups excluding carboxylic acids is 1. The summed E-state index contributed by atoms with van der Waals surface area (Å²) < 4.78 is 4.93. The molecule has 1 aromatic rings. The van der Waals surface area contributed by atoms with Gasteiger partial charge >= 0.3 is 5.97 Å². The average Bonchev–Trinajstić information content (AvgIpc) is 2.49. The second-order valence-corrected chi connectivity index (χ2v) is 6.00. The van der Waals surface area contributed by atoms with Crippen molar-refractivity contribution in [3.8, 4) is 0 Å². The van der Waals surface area contributed by atoms with Crippen molar-refractivity contribution in [3.63, 3.8) is 0 Å². The van der Waals surface area contributed by atoms with Gasteiger partial charge in [0, 0.05) is 5.70 Å². The number of nitrogens with one attached hydrogen (secondary N) is 2. The number of carbonyl (C=O) groups is 1. The van der Waals surface area contributed by atoms with Crippen LogP contribution in [0.3, 0.4) is 0 Å². The van der Waals surface area contributed by atoms with Crippen LogP contribution in [0.1, 0.15) is 31.4 Å². The SMILES string of the molecule is CCCC1=C(C(=O)OC)[C@H](c2cccc(Cl)c2Cl)NC(=S)N1. The van der Waals surface area contributed by atoms with Gasteiger partial charge in [-0.25, -0.2) is 4.79 Å². The molecule has 0 saturated heterocycles. The molecular formula is C15H16Cl2N2O2S. The van der Waals surface area contributed by atoms with Gasteiger partial charge in [0.05, 0.1) is 28.8 Å². The molecule has 7 heteroatoms. The second-order valence-electron chi connectivity index (χ2n) is 4.81. The Morgan fingerprint density at radius 3 is 2.77 bits per heavy atom. The molecule has 22 heavy (non-hydrogen) atoms. The number of ether oxygens (including phenoxy) is 1. The molecule has 1 atom stereocenters. The molecule has 2 rings (SSSR count). The molecule has 0 aromatic heterocycles. The van der Waals surface area contributed by atoms with Crippen molar-refractivity contribution in [2.24, 2.45) is 0 Å². The quantitative estimate of drug-likeness (QED) is 0.634. The summed E-state index contributed by atoms with van der Waals surface area (Å²) in [5, 5.41) is 7.37. The molecular weight excluding hydrogens is 343 g/mol. The fourth-order valence-electron chi connectivity index (χ4n) is 2.39. The summed E-state index contributed by atoms with van der Waals surface area (Å²) in [5.41, 5.74) is 1.91. The summed E-state index contributed by atoms with van der Waals surface area (Å²) in [7, 11) is 1.35. The number of methoxy groups -OCH3 is 1. The highest BCUT2D eigenvalue weighted by molar-refractivity contribution is 7.80. The number of hydrogen-bond donors (Lipinski definition) is 2. The fourth-order valence-corrected chi connectivity index (χ4v) is 3.05. The molecule has 0 aliphatic carbocycles. The summed E-state index contributed by atoms with van der Waals surface area (Å²) in [6.45, 7) is 2.02. The minimum absolute atomic E-state index is 0.392. The van der Waals surface area contributed by atoms with E-state index in [1.807, 2.05) is 13.0 Å². The number of hydrogen-bond acceptors (Lipinski definition) is 3. The Bertz CT molecular complexity index is 646. The second kappa shape index (κ2) is 7.31. The minimum Gasteiger partial charge on any atom is -0.466 e. The molecule has 4 nitrogen and oxygen atoms in total. The van der Waals surface area contributed by atoms with E-state index < -0.39 is 12.0 Å². The fraction of sp³-hybridized carbons (Fsp3) is 0.333. The van der Waals surface area contributed by atoms with E-state index in [1.165, 1.54) is 7.11 Å². The van der Waals surface area contributed by atoms with Gasteiger partial charge in [0.25, 0.3) is 0 Å². The van der Waals surface area contributed by atoms with Gasteiger partial charge < -0.3 is 15.4 Å². The molecule has 0 spiro atoms. The van der Waals surface area contributed by atoms with Crippen LogP contribution in [0.25, 0.3) is 0 Å². The average molecular weight is 359 g/mol. The monoisotopic (exact) mass is 358 g/mol. The lowest BCUT2D eigenvalue weighted by atomic mass is 9.94. The van der Waals surface area contributed by atoms with Crippen LogP contribution in [-0.2, 0) is 9.53 Å². The maximum Gasteiger partial charge on any atom is 0.337 e. The maximum atomic E-state index is 12.3. The van der Waals surface area contributed by atoms with E-state index in [0.29, 0.717) is 32.7 Å². The molecule has 1 aliphatic heterocycles. The zero-order chi connectivity index (χ0) is 16.3. The van der Waals surface area contributed by atoms with Gasteiger partial charge in [-0.05, 0) is 30.3 Å². The Hall–Kier alpha value is -1.30. The topological polar surface area (TPSA) is 50.4 Å². The van der Waals surface area contributed by atoms with Crippen LogP contribution < -0.4 is 10.6 Å².